The zero-order chi connectivity index (χ0) is 13.2. The van der Waals surface area contributed by atoms with E-state index in [1.165, 1.54) is 0 Å². The van der Waals surface area contributed by atoms with E-state index in [1.807, 2.05) is 12.1 Å². The SMILES string of the molecule is COCc1cc(OC)cc(C2(CN)CC2)c1OC. The van der Waals surface area contributed by atoms with Gasteiger partial charge in [0.05, 0.1) is 20.8 Å². The van der Waals surface area contributed by atoms with E-state index >= 15 is 0 Å². The molecule has 1 aliphatic rings. The Hall–Kier alpha value is -1.26. The number of nitrogens with two attached hydrogens (primary N) is 1. The van der Waals surface area contributed by atoms with Crippen LogP contribution in [0.2, 0.25) is 0 Å². The molecule has 1 saturated carbocycles. The second-order valence-corrected chi connectivity index (χ2v) is 4.78. The second kappa shape index (κ2) is 5.16. The molecule has 1 fully saturated rings. The predicted octanol–water partition coefficient (Wildman–Crippen LogP) is 1.84. The third-order valence-corrected chi connectivity index (χ3v) is 3.69. The van der Waals surface area contributed by atoms with E-state index in [2.05, 4.69) is 0 Å². The highest BCUT2D eigenvalue weighted by molar-refractivity contribution is 5.53. The highest BCUT2D eigenvalue weighted by atomic mass is 16.5. The van der Waals surface area contributed by atoms with Gasteiger partial charge in [-0.15, -0.1) is 0 Å². The van der Waals surface area contributed by atoms with Gasteiger partial charge in [-0.05, 0) is 25.0 Å². The summed E-state index contributed by atoms with van der Waals surface area (Å²) in [4.78, 5) is 0. The molecular formula is C14H21NO3. The lowest BCUT2D eigenvalue weighted by atomic mass is 9.92. The molecule has 0 spiro atoms. The van der Waals surface area contributed by atoms with Crippen molar-refractivity contribution in [2.45, 2.75) is 24.9 Å². The van der Waals surface area contributed by atoms with Crippen LogP contribution in [0.4, 0.5) is 0 Å². The largest absolute Gasteiger partial charge is 0.497 e. The molecule has 0 aromatic heterocycles. The quantitative estimate of drug-likeness (QED) is 0.838. The fourth-order valence-electron chi connectivity index (χ4n) is 2.41. The Morgan fingerprint density at radius 1 is 1.17 bits per heavy atom. The van der Waals surface area contributed by atoms with Crippen LogP contribution in [-0.2, 0) is 16.8 Å². The molecular weight excluding hydrogens is 230 g/mol. The van der Waals surface area contributed by atoms with Gasteiger partial charge in [-0.1, -0.05) is 0 Å². The molecule has 0 aliphatic heterocycles. The van der Waals surface area contributed by atoms with E-state index in [0.29, 0.717) is 13.2 Å². The lowest BCUT2D eigenvalue weighted by molar-refractivity contribution is 0.181. The van der Waals surface area contributed by atoms with Crippen LogP contribution in [0.3, 0.4) is 0 Å². The number of benzene rings is 1. The summed E-state index contributed by atoms with van der Waals surface area (Å²) >= 11 is 0. The van der Waals surface area contributed by atoms with E-state index in [1.54, 1.807) is 21.3 Å². The van der Waals surface area contributed by atoms with E-state index in [9.17, 15) is 0 Å². The summed E-state index contributed by atoms with van der Waals surface area (Å²) in [5.74, 6) is 1.72. The summed E-state index contributed by atoms with van der Waals surface area (Å²) < 4.78 is 16.1. The molecule has 4 nitrogen and oxygen atoms in total. The van der Waals surface area contributed by atoms with Crippen molar-refractivity contribution >= 4 is 0 Å². The molecule has 4 heteroatoms. The fourth-order valence-corrected chi connectivity index (χ4v) is 2.41. The topological polar surface area (TPSA) is 53.7 Å². The molecule has 2 rings (SSSR count). The minimum Gasteiger partial charge on any atom is -0.497 e. The Morgan fingerprint density at radius 3 is 2.33 bits per heavy atom. The van der Waals surface area contributed by atoms with Crippen LogP contribution in [0.25, 0.3) is 0 Å². The lowest BCUT2D eigenvalue weighted by Gasteiger charge is -2.21. The minimum atomic E-state index is 0.0718. The van der Waals surface area contributed by atoms with Gasteiger partial charge in [0.15, 0.2) is 0 Å². The van der Waals surface area contributed by atoms with Crippen molar-refractivity contribution in [3.8, 4) is 11.5 Å². The Bertz CT molecular complexity index is 427. The summed E-state index contributed by atoms with van der Waals surface area (Å²) in [5, 5.41) is 0. The summed E-state index contributed by atoms with van der Waals surface area (Å²) in [5.41, 5.74) is 8.14. The Balaban J connectivity index is 2.51. The molecule has 100 valence electrons. The van der Waals surface area contributed by atoms with Gasteiger partial charge in [0.1, 0.15) is 11.5 Å². The highest BCUT2D eigenvalue weighted by Crippen LogP contribution is 2.52. The maximum atomic E-state index is 5.91. The number of ether oxygens (including phenoxy) is 3. The van der Waals surface area contributed by atoms with Gasteiger partial charge in [0, 0.05) is 30.2 Å². The smallest absolute Gasteiger partial charge is 0.128 e. The molecule has 0 heterocycles. The van der Waals surface area contributed by atoms with Crippen molar-refractivity contribution in [3.63, 3.8) is 0 Å². The first-order valence-electron chi connectivity index (χ1n) is 6.15. The zero-order valence-corrected chi connectivity index (χ0v) is 11.3. The number of hydrogen-bond acceptors (Lipinski definition) is 4. The van der Waals surface area contributed by atoms with Crippen molar-refractivity contribution < 1.29 is 14.2 Å². The number of methoxy groups -OCH3 is 3. The molecule has 0 saturated heterocycles. The van der Waals surface area contributed by atoms with E-state index in [0.717, 1.165) is 35.5 Å². The van der Waals surface area contributed by atoms with Crippen LogP contribution in [0.1, 0.15) is 24.0 Å². The standard InChI is InChI=1S/C14H21NO3/c1-16-8-10-6-11(17-2)7-12(13(10)18-3)14(9-15)4-5-14/h6-7H,4-5,8-9,15H2,1-3H3. The average molecular weight is 251 g/mol. The molecule has 1 aromatic carbocycles. The predicted molar refractivity (Wildman–Crippen MR) is 70.2 cm³/mol. The third-order valence-electron chi connectivity index (χ3n) is 3.69. The molecule has 18 heavy (non-hydrogen) atoms. The van der Waals surface area contributed by atoms with Crippen molar-refractivity contribution in [1.82, 2.24) is 0 Å². The van der Waals surface area contributed by atoms with E-state index in [4.69, 9.17) is 19.9 Å². The monoisotopic (exact) mass is 251 g/mol. The fraction of sp³-hybridized carbons (Fsp3) is 0.571. The van der Waals surface area contributed by atoms with Crippen molar-refractivity contribution in [2.24, 2.45) is 5.73 Å². The Labute approximate surface area is 108 Å². The molecule has 0 atom stereocenters. The first-order chi connectivity index (χ1) is 8.70. The van der Waals surface area contributed by atoms with Gasteiger partial charge in [0.2, 0.25) is 0 Å². The Kier molecular flexibility index (Phi) is 3.78. The molecule has 0 bridgehead atoms. The summed E-state index contributed by atoms with van der Waals surface area (Å²) in [6, 6.07) is 4.00. The highest BCUT2D eigenvalue weighted by Gasteiger charge is 2.45. The molecule has 1 aromatic rings. The average Bonchev–Trinajstić information content (AvgIpc) is 3.19. The normalized spacial score (nSPS) is 16.4. The van der Waals surface area contributed by atoms with Gasteiger partial charge in [-0.2, -0.15) is 0 Å². The summed E-state index contributed by atoms with van der Waals surface area (Å²) in [6.45, 7) is 1.15. The van der Waals surface area contributed by atoms with Gasteiger partial charge in [0.25, 0.3) is 0 Å². The van der Waals surface area contributed by atoms with Crippen molar-refractivity contribution in [2.75, 3.05) is 27.9 Å². The first-order valence-corrected chi connectivity index (χ1v) is 6.15. The van der Waals surface area contributed by atoms with Crippen molar-refractivity contribution in [1.29, 1.82) is 0 Å². The summed E-state index contributed by atoms with van der Waals surface area (Å²) in [6.07, 6.45) is 2.22. The summed E-state index contributed by atoms with van der Waals surface area (Å²) in [7, 11) is 5.04. The van der Waals surface area contributed by atoms with Crippen LogP contribution < -0.4 is 15.2 Å². The molecule has 2 N–H and O–H groups in total. The van der Waals surface area contributed by atoms with Gasteiger partial charge in [-0.25, -0.2) is 0 Å². The Morgan fingerprint density at radius 2 is 1.89 bits per heavy atom. The van der Waals surface area contributed by atoms with Crippen LogP contribution in [0.5, 0.6) is 11.5 Å². The third kappa shape index (κ3) is 2.18. The minimum absolute atomic E-state index is 0.0718. The molecule has 0 unspecified atom stereocenters. The van der Waals surface area contributed by atoms with E-state index in [-0.39, 0.29) is 5.41 Å². The van der Waals surface area contributed by atoms with E-state index < -0.39 is 0 Å². The maximum absolute atomic E-state index is 5.91. The first kappa shape index (κ1) is 13.2. The van der Waals surface area contributed by atoms with Crippen molar-refractivity contribution in [3.05, 3.63) is 23.3 Å². The van der Waals surface area contributed by atoms with Crippen LogP contribution in [-0.4, -0.2) is 27.9 Å². The van der Waals surface area contributed by atoms with Gasteiger partial charge in [-0.3, -0.25) is 0 Å². The zero-order valence-electron chi connectivity index (χ0n) is 11.3. The van der Waals surface area contributed by atoms with Crippen LogP contribution >= 0.6 is 0 Å². The van der Waals surface area contributed by atoms with Crippen LogP contribution in [0, 0.1) is 0 Å². The van der Waals surface area contributed by atoms with Gasteiger partial charge >= 0.3 is 0 Å². The molecule has 1 aliphatic carbocycles. The van der Waals surface area contributed by atoms with Crippen LogP contribution in [0.15, 0.2) is 12.1 Å². The maximum Gasteiger partial charge on any atom is 0.128 e. The van der Waals surface area contributed by atoms with Gasteiger partial charge < -0.3 is 19.9 Å². The molecule has 0 radical (unpaired) electrons. The number of hydrogen-bond donors (Lipinski definition) is 1. The molecule has 0 amide bonds. The lowest BCUT2D eigenvalue weighted by Crippen LogP contribution is -2.21. The second-order valence-electron chi connectivity index (χ2n) is 4.78. The number of rotatable bonds is 6.